The van der Waals surface area contributed by atoms with E-state index in [1.165, 1.54) is 0 Å². The normalized spacial score (nSPS) is 10.0. The number of allylic oxidation sites excluding steroid dienone is 4. The van der Waals surface area contributed by atoms with E-state index in [0.29, 0.717) is 22.5 Å². The lowest BCUT2D eigenvalue weighted by Crippen LogP contribution is -2.09. The highest BCUT2D eigenvalue weighted by Gasteiger charge is 2.21. The van der Waals surface area contributed by atoms with E-state index >= 15 is 0 Å². The van der Waals surface area contributed by atoms with Gasteiger partial charge in [0.1, 0.15) is 35.4 Å². The third kappa shape index (κ3) is 6.72. The second-order valence-corrected chi connectivity index (χ2v) is 9.58. The van der Waals surface area contributed by atoms with E-state index in [2.05, 4.69) is 39.4 Å². The zero-order chi connectivity index (χ0) is 31.4. The van der Waals surface area contributed by atoms with Crippen LogP contribution in [0.5, 0.6) is 0 Å². The zero-order valence-electron chi connectivity index (χ0n) is 23.9. The fourth-order valence-electron chi connectivity index (χ4n) is 4.79. The van der Waals surface area contributed by atoms with Crippen LogP contribution in [0.4, 0.5) is 28.4 Å². The van der Waals surface area contributed by atoms with Crippen LogP contribution in [0, 0.1) is 45.3 Å². The van der Waals surface area contributed by atoms with E-state index in [1.54, 1.807) is 54.6 Å². The first kappa shape index (κ1) is 29.4. The van der Waals surface area contributed by atoms with Crippen molar-refractivity contribution in [1.29, 1.82) is 21.0 Å². The summed E-state index contributed by atoms with van der Waals surface area (Å²) in [7, 11) is 0. The molecule has 0 aliphatic carbocycles. The van der Waals surface area contributed by atoms with E-state index in [1.807, 2.05) is 84.9 Å². The molecule has 0 bridgehead atoms. The highest BCUT2D eigenvalue weighted by atomic mass is 15.1. The molecule has 0 aromatic heterocycles. The molecule has 5 aromatic carbocycles. The Morgan fingerprint density at radius 3 is 1.13 bits per heavy atom. The summed E-state index contributed by atoms with van der Waals surface area (Å²) in [5.41, 5.74) is 5.25. The van der Waals surface area contributed by atoms with E-state index in [4.69, 9.17) is 0 Å². The molecule has 0 unspecified atom stereocenters. The van der Waals surface area contributed by atoms with Gasteiger partial charge in [-0.05, 0) is 71.8 Å². The number of benzene rings is 5. The van der Waals surface area contributed by atoms with Crippen molar-refractivity contribution in [1.82, 2.24) is 0 Å². The molecule has 0 saturated heterocycles. The Bertz CT molecular complexity index is 1980. The smallest absolute Gasteiger partial charge is 0.138 e. The van der Waals surface area contributed by atoms with Crippen molar-refractivity contribution in [2.24, 2.45) is 10.2 Å². The number of hydrogen-bond acceptors (Lipinski definition) is 7. The van der Waals surface area contributed by atoms with Gasteiger partial charge in [-0.15, -0.1) is 0 Å². The van der Waals surface area contributed by atoms with Gasteiger partial charge in [0.25, 0.3) is 0 Å². The van der Waals surface area contributed by atoms with Gasteiger partial charge in [0.05, 0.1) is 11.4 Å². The highest BCUT2D eigenvalue weighted by Crippen LogP contribution is 2.38. The lowest BCUT2D eigenvalue weighted by molar-refractivity contribution is 1.22. The average Bonchev–Trinajstić information content (AvgIpc) is 3.11. The van der Waals surface area contributed by atoms with Gasteiger partial charge in [-0.25, -0.2) is 0 Å². The molecule has 0 saturated carbocycles. The first-order chi connectivity index (χ1) is 22.2. The number of rotatable bonds is 8. The van der Waals surface area contributed by atoms with Crippen LogP contribution >= 0.6 is 0 Å². The molecule has 0 spiro atoms. The third-order valence-electron chi connectivity index (χ3n) is 6.83. The van der Waals surface area contributed by atoms with Gasteiger partial charge in [-0.1, -0.05) is 78.9 Å². The Hall–Kier alpha value is -7.06. The van der Waals surface area contributed by atoms with Crippen LogP contribution in [0.3, 0.4) is 0 Å². The number of hydrogen-bond donors (Lipinski definition) is 0. The van der Waals surface area contributed by atoms with Crippen molar-refractivity contribution < 1.29 is 0 Å². The quantitative estimate of drug-likeness (QED) is 0.103. The van der Waals surface area contributed by atoms with Crippen molar-refractivity contribution in [2.75, 3.05) is 4.90 Å². The van der Waals surface area contributed by atoms with Gasteiger partial charge in [-0.3, -0.25) is 0 Å². The van der Waals surface area contributed by atoms with Crippen molar-refractivity contribution in [3.8, 4) is 24.3 Å². The number of anilines is 3. The number of para-hydroxylation sites is 2. The summed E-state index contributed by atoms with van der Waals surface area (Å²) in [6.45, 7) is 0. The first-order valence-corrected chi connectivity index (χ1v) is 13.8. The minimum atomic E-state index is -0.216. The predicted octanol–water partition coefficient (Wildman–Crippen LogP) is 9.87. The summed E-state index contributed by atoms with van der Waals surface area (Å²) < 4.78 is 0. The maximum atomic E-state index is 9.77. The Morgan fingerprint density at radius 2 is 0.733 bits per heavy atom. The molecule has 0 radical (unpaired) electrons. The zero-order valence-corrected chi connectivity index (χ0v) is 23.9. The van der Waals surface area contributed by atoms with E-state index in [-0.39, 0.29) is 22.3 Å². The third-order valence-corrected chi connectivity index (χ3v) is 6.83. The van der Waals surface area contributed by atoms with E-state index in [0.717, 1.165) is 17.1 Å². The summed E-state index contributed by atoms with van der Waals surface area (Å²) in [5.74, 6) is 0. The molecule has 0 N–H and O–H groups in total. The second-order valence-electron chi connectivity index (χ2n) is 9.58. The monoisotopic (exact) mass is 577 g/mol. The van der Waals surface area contributed by atoms with Crippen molar-refractivity contribution >= 4 is 39.6 Å². The van der Waals surface area contributed by atoms with Crippen LogP contribution in [0.15, 0.2) is 161 Å². The lowest BCUT2D eigenvalue weighted by Gasteiger charge is -2.25. The molecule has 5 aromatic rings. The first-order valence-electron chi connectivity index (χ1n) is 13.8. The molecule has 5 rings (SSSR count). The van der Waals surface area contributed by atoms with Crippen LogP contribution in [-0.2, 0) is 0 Å². The van der Waals surface area contributed by atoms with E-state index < -0.39 is 0 Å². The SMILES string of the molecule is N#CC(C#N)=C(C(=C(C#N)C#N)c1ccc(N=Nc2ccc(N(c3ccccc3)c3ccccc3)cc2)cc1)c1ccccc1. The van der Waals surface area contributed by atoms with Gasteiger partial charge in [-0.2, -0.15) is 31.3 Å². The topological polar surface area (TPSA) is 123 Å². The number of nitrogens with zero attached hydrogens (tertiary/aromatic N) is 7. The van der Waals surface area contributed by atoms with Crippen LogP contribution < -0.4 is 4.90 Å². The Kier molecular flexibility index (Phi) is 9.30. The molecule has 0 heterocycles. The second kappa shape index (κ2) is 14.2. The summed E-state index contributed by atoms with van der Waals surface area (Å²) in [4.78, 5) is 2.16. The van der Waals surface area contributed by atoms with Crippen molar-refractivity contribution in [3.05, 3.63) is 162 Å². The predicted molar refractivity (Wildman–Crippen MR) is 174 cm³/mol. The maximum absolute atomic E-state index is 9.77. The minimum absolute atomic E-state index is 0.199. The minimum Gasteiger partial charge on any atom is -0.311 e. The molecule has 210 valence electrons. The van der Waals surface area contributed by atoms with Crippen molar-refractivity contribution in [2.45, 2.75) is 0 Å². The molecule has 45 heavy (non-hydrogen) atoms. The van der Waals surface area contributed by atoms with Crippen LogP contribution in [0.25, 0.3) is 11.1 Å². The Labute approximate surface area is 261 Å². The van der Waals surface area contributed by atoms with Gasteiger partial charge in [0.2, 0.25) is 0 Å². The van der Waals surface area contributed by atoms with Crippen LogP contribution in [0.2, 0.25) is 0 Å². The fraction of sp³-hybridized carbons (Fsp3) is 0. The number of azo groups is 1. The van der Waals surface area contributed by atoms with Gasteiger partial charge < -0.3 is 4.90 Å². The summed E-state index contributed by atoms with van der Waals surface area (Å²) >= 11 is 0. The lowest BCUT2D eigenvalue weighted by atomic mass is 9.86. The molecule has 0 amide bonds. The van der Waals surface area contributed by atoms with Crippen molar-refractivity contribution in [3.63, 3.8) is 0 Å². The van der Waals surface area contributed by atoms with Gasteiger partial charge in [0, 0.05) is 28.2 Å². The molecular formula is C38H23N7. The summed E-state index contributed by atoms with van der Waals surface area (Å²) in [5, 5.41) is 47.8. The molecule has 7 nitrogen and oxygen atoms in total. The Morgan fingerprint density at radius 1 is 0.400 bits per heavy atom. The van der Waals surface area contributed by atoms with Gasteiger partial charge in [0.15, 0.2) is 0 Å². The van der Waals surface area contributed by atoms with Crippen LogP contribution in [-0.4, -0.2) is 0 Å². The maximum Gasteiger partial charge on any atom is 0.138 e. The Balaban J connectivity index is 1.44. The number of nitriles is 4. The summed E-state index contributed by atoms with van der Waals surface area (Å²) in [6, 6.07) is 51.2. The molecule has 7 heteroatoms. The van der Waals surface area contributed by atoms with Gasteiger partial charge >= 0.3 is 0 Å². The fourth-order valence-corrected chi connectivity index (χ4v) is 4.79. The molecular weight excluding hydrogens is 554 g/mol. The molecule has 0 atom stereocenters. The van der Waals surface area contributed by atoms with Crippen LogP contribution in [0.1, 0.15) is 11.1 Å². The standard InChI is InChI=1S/C38H23N7/c39-24-30(25-40)37(28-10-4-1-5-11-28)38(31(26-41)27-42)29-16-18-32(19-17-29)43-44-33-20-22-36(23-21-33)45(34-12-6-2-7-13-34)35-14-8-3-9-15-35/h1-23H. The largest absolute Gasteiger partial charge is 0.311 e. The average molecular weight is 578 g/mol. The molecule has 0 aliphatic rings. The molecule has 0 aliphatic heterocycles. The van der Waals surface area contributed by atoms with E-state index in [9.17, 15) is 21.0 Å². The summed E-state index contributed by atoms with van der Waals surface area (Å²) in [6.07, 6.45) is 0. The molecule has 0 fully saturated rings. The highest BCUT2D eigenvalue weighted by molar-refractivity contribution is 6.11.